The molecule has 3 rings (SSSR count). The van der Waals surface area contributed by atoms with Crippen LogP contribution < -0.4 is 0 Å². The molecule has 2 unspecified atom stereocenters. The summed E-state index contributed by atoms with van der Waals surface area (Å²) in [5.74, 6) is 0.135. The second kappa shape index (κ2) is 12.7. The number of amides is 2. The van der Waals surface area contributed by atoms with Crippen molar-refractivity contribution in [2.45, 2.75) is 31.8 Å². The monoisotopic (exact) mass is 497 g/mol. The summed E-state index contributed by atoms with van der Waals surface area (Å²) in [6.45, 7) is 4.24. The van der Waals surface area contributed by atoms with Crippen molar-refractivity contribution in [2.75, 3.05) is 52.4 Å². The van der Waals surface area contributed by atoms with Gasteiger partial charge < -0.3 is 24.9 Å². The molecule has 0 aromatic heterocycles. The lowest BCUT2D eigenvalue weighted by atomic mass is 9.98. The van der Waals surface area contributed by atoms with Crippen LogP contribution in [0.5, 0.6) is 0 Å². The Morgan fingerprint density at radius 3 is 2.76 bits per heavy atom. The fraction of sp³-hybridized carbons (Fsp3) is 0.583. The third kappa shape index (κ3) is 7.97. The molecule has 182 valence electrons. The lowest BCUT2D eigenvalue weighted by Crippen LogP contribution is -2.42. The first-order valence-electron chi connectivity index (χ1n) is 11.6. The average molecular weight is 498 g/mol. The van der Waals surface area contributed by atoms with Gasteiger partial charge in [-0.25, -0.2) is 0 Å². The first-order chi connectivity index (χ1) is 15.9. The van der Waals surface area contributed by atoms with Crippen molar-refractivity contribution in [2.24, 2.45) is 5.92 Å². The van der Waals surface area contributed by atoms with Crippen molar-refractivity contribution in [3.8, 4) is 0 Å². The molecule has 2 heterocycles. The lowest BCUT2D eigenvalue weighted by Gasteiger charge is -2.33. The van der Waals surface area contributed by atoms with E-state index in [4.69, 9.17) is 23.2 Å². The van der Waals surface area contributed by atoms with Crippen molar-refractivity contribution >= 4 is 41.1 Å². The van der Waals surface area contributed by atoms with Gasteiger partial charge in [-0.15, -0.1) is 0 Å². The largest absolute Gasteiger partial charge is 0.396 e. The van der Waals surface area contributed by atoms with E-state index >= 15 is 0 Å². The molecule has 33 heavy (non-hydrogen) atoms. The van der Waals surface area contributed by atoms with Gasteiger partial charge in [0.15, 0.2) is 0 Å². The van der Waals surface area contributed by atoms with E-state index in [1.807, 2.05) is 0 Å². The molecule has 2 aliphatic heterocycles. The van der Waals surface area contributed by atoms with E-state index in [-0.39, 0.29) is 30.8 Å². The van der Waals surface area contributed by atoms with Crippen molar-refractivity contribution < 1.29 is 19.8 Å². The van der Waals surface area contributed by atoms with Crippen molar-refractivity contribution in [3.05, 3.63) is 39.9 Å². The smallest absolute Gasteiger partial charge is 0.246 e. The minimum absolute atomic E-state index is 0.00396. The molecule has 2 saturated heterocycles. The summed E-state index contributed by atoms with van der Waals surface area (Å²) in [7, 11) is 0. The van der Waals surface area contributed by atoms with Crippen LogP contribution in [0.2, 0.25) is 10.0 Å². The molecule has 2 amide bonds. The molecule has 7 nitrogen and oxygen atoms in total. The SMILES string of the molecule is O=C(/C=C/c1ccc(Cl)c(Cl)c1)N1CCC(=O)N(CCC(O)CN2CCCC(CO)C2)CC1. The fourth-order valence-electron chi connectivity index (χ4n) is 4.37. The Kier molecular flexibility index (Phi) is 10.0. The van der Waals surface area contributed by atoms with Gasteiger partial charge in [0, 0.05) is 58.4 Å². The summed E-state index contributed by atoms with van der Waals surface area (Å²) in [5.41, 5.74) is 0.776. The lowest BCUT2D eigenvalue weighted by molar-refractivity contribution is -0.130. The molecule has 2 N–H and O–H groups in total. The summed E-state index contributed by atoms with van der Waals surface area (Å²) in [6, 6.07) is 5.16. The second-order valence-electron chi connectivity index (χ2n) is 8.86. The van der Waals surface area contributed by atoms with Gasteiger partial charge in [-0.1, -0.05) is 29.3 Å². The van der Waals surface area contributed by atoms with E-state index in [1.165, 1.54) is 6.08 Å². The van der Waals surface area contributed by atoms with E-state index in [1.54, 1.807) is 34.1 Å². The minimum atomic E-state index is -0.523. The van der Waals surface area contributed by atoms with Gasteiger partial charge in [0.2, 0.25) is 11.8 Å². The molecule has 0 spiro atoms. The average Bonchev–Trinajstić information content (AvgIpc) is 2.99. The number of carbonyl (C=O) groups excluding carboxylic acids is 2. The predicted octanol–water partition coefficient (Wildman–Crippen LogP) is 2.52. The Hall–Kier alpha value is -1.64. The number of piperidine rings is 1. The second-order valence-corrected chi connectivity index (χ2v) is 9.67. The van der Waals surface area contributed by atoms with E-state index in [9.17, 15) is 19.8 Å². The normalized spacial score (nSPS) is 21.5. The summed E-state index contributed by atoms with van der Waals surface area (Å²) in [5, 5.41) is 20.7. The number of β-amino-alcohol motifs (C(OH)–C–C–N with tert-alkyl or cyclic N) is 1. The van der Waals surface area contributed by atoms with Crippen LogP contribution in [-0.2, 0) is 9.59 Å². The van der Waals surface area contributed by atoms with E-state index < -0.39 is 6.10 Å². The molecule has 1 aromatic rings. The molecule has 2 atom stereocenters. The number of hydrogen-bond acceptors (Lipinski definition) is 5. The van der Waals surface area contributed by atoms with E-state index in [0.717, 1.165) is 31.5 Å². The summed E-state index contributed by atoms with van der Waals surface area (Å²) >= 11 is 11.9. The number of rotatable bonds is 8. The maximum absolute atomic E-state index is 12.6. The standard InChI is InChI=1S/C24H33Cl2N3O4/c25-21-5-3-18(14-22(21)26)4-6-23(32)29-11-8-24(33)28(12-13-29)10-7-20(31)16-27-9-1-2-19(15-27)17-30/h3-6,14,19-20,30-31H,1-2,7-13,15-17H2/b6-4+. The third-order valence-electron chi connectivity index (χ3n) is 6.32. The quantitative estimate of drug-likeness (QED) is 0.539. The van der Waals surface area contributed by atoms with Crippen LogP contribution in [0.25, 0.3) is 6.08 Å². The Bertz CT molecular complexity index is 851. The van der Waals surface area contributed by atoms with Crippen LogP contribution >= 0.6 is 23.2 Å². The van der Waals surface area contributed by atoms with Crippen molar-refractivity contribution in [1.82, 2.24) is 14.7 Å². The van der Waals surface area contributed by atoms with Crippen LogP contribution in [0.3, 0.4) is 0 Å². The molecule has 1 aromatic carbocycles. The first-order valence-corrected chi connectivity index (χ1v) is 12.3. The summed E-state index contributed by atoms with van der Waals surface area (Å²) < 4.78 is 0. The Morgan fingerprint density at radius 2 is 2.00 bits per heavy atom. The fourth-order valence-corrected chi connectivity index (χ4v) is 4.68. The van der Waals surface area contributed by atoms with Gasteiger partial charge in [-0.3, -0.25) is 9.59 Å². The summed E-state index contributed by atoms with van der Waals surface area (Å²) in [6.07, 6.45) is 5.49. The molecule has 0 saturated carbocycles. The van der Waals surface area contributed by atoms with Gasteiger partial charge >= 0.3 is 0 Å². The number of aliphatic hydroxyl groups excluding tert-OH is 2. The number of halogens is 2. The molecular weight excluding hydrogens is 465 g/mol. The number of nitrogens with zero attached hydrogens (tertiary/aromatic N) is 3. The van der Waals surface area contributed by atoms with Gasteiger partial charge in [-0.05, 0) is 55.5 Å². The molecule has 0 radical (unpaired) electrons. The maximum Gasteiger partial charge on any atom is 0.246 e. The molecule has 2 fully saturated rings. The van der Waals surface area contributed by atoms with Gasteiger partial charge in [-0.2, -0.15) is 0 Å². The van der Waals surface area contributed by atoms with Crippen LogP contribution in [-0.4, -0.2) is 95.3 Å². The molecule has 0 aliphatic carbocycles. The zero-order valence-corrected chi connectivity index (χ0v) is 20.3. The minimum Gasteiger partial charge on any atom is -0.396 e. The Labute approximate surface area is 205 Å². The van der Waals surface area contributed by atoms with Gasteiger partial charge in [0.1, 0.15) is 0 Å². The van der Waals surface area contributed by atoms with Crippen LogP contribution in [0.4, 0.5) is 0 Å². The topological polar surface area (TPSA) is 84.3 Å². The maximum atomic E-state index is 12.6. The number of hydrogen-bond donors (Lipinski definition) is 2. The highest BCUT2D eigenvalue weighted by Crippen LogP contribution is 2.23. The highest BCUT2D eigenvalue weighted by Gasteiger charge is 2.25. The zero-order chi connectivity index (χ0) is 23.8. The van der Waals surface area contributed by atoms with Crippen molar-refractivity contribution in [1.29, 1.82) is 0 Å². The summed E-state index contributed by atoms with van der Waals surface area (Å²) in [4.78, 5) is 30.8. The number of benzene rings is 1. The van der Waals surface area contributed by atoms with Gasteiger partial charge in [0.05, 0.1) is 16.1 Å². The third-order valence-corrected chi connectivity index (χ3v) is 7.06. The van der Waals surface area contributed by atoms with E-state index in [2.05, 4.69) is 4.90 Å². The Balaban J connectivity index is 1.45. The van der Waals surface area contributed by atoms with Crippen LogP contribution in [0.15, 0.2) is 24.3 Å². The van der Waals surface area contributed by atoms with Crippen molar-refractivity contribution in [3.63, 3.8) is 0 Å². The molecule has 9 heteroatoms. The number of likely N-dealkylation sites (tertiary alicyclic amines) is 1. The predicted molar refractivity (Wildman–Crippen MR) is 130 cm³/mol. The molecule has 2 aliphatic rings. The van der Waals surface area contributed by atoms with Crippen LogP contribution in [0.1, 0.15) is 31.2 Å². The zero-order valence-electron chi connectivity index (χ0n) is 18.8. The highest BCUT2D eigenvalue weighted by atomic mass is 35.5. The molecular formula is C24H33Cl2N3O4. The van der Waals surface area contributed by atoms with E-state index in [0.29, 0.717) is 49.2 Å². The molecule has 0 bridgehead atoms. The van der Waals surface area contributed by atoms with Crippen LogP contribution in [0, 0.1) is 5.92 Å². The van der Waals surface area contributed by atoms with Gasteiger partial charge in [0.25, 0.3) is 0 Å². The number of carbonyl (C=O) groups is 2. The first kappa shape index (κ1) is 26.0. The highest BCUT2D eigenvalue weighted by molar-refractivity contribution is 6.42. The number of aliphatic hydroxyl groups is 2. The Morgan fingerprint density at radius 1 is 1.18 bits per heavy atom.